The lowest BCUT2D eigenvalue weighted by atomic mass is 9.87. The molecule has 0 saturated carbocycles. The largest absolute Gasteiger partial charge is 0.493 e. The number of aliphatic hydroxyl groups excluding tert-OH is 2. The van der Waals surface area contributed by atoms with E-state index in [4.69, 9.17) is 21.1 Å². The number of hydrogen-bond donors (Lipinski definition) is 3. The molecule has 244 valence electrons. The fraction of sp³-hybridized carbons (Fsp3) is 0.281. The van der Waals surface area contributed by atoms with Crippen molar-refractivity contribution in [2.75, 3.05) is 20.3 Å². The Hall–Kier alpha value is -3.66. The van der Waals surface area contributed by atoms with Gasteiger partial charge in [0, 0.05) is 41.2 Å². The standard InChI is InChI=1S/C32H29ClF3IN2O7/c1-45-27-13-19(17-41)12-24(37)29(27)46-26-15-21(30(43)38-10-11-40)14-25(28(26)42)39(16-18-2-8-23(33)9-3-18)31(44)20-4-6-22(7-5-20)32(34,35)36/h2-9,12-13,15,17,25-26,28,40,42H,10-11,14,16H2,1H3,(H,38,43)/t25-,26+,28+/m1/s1. The number of amides is 2. The second-order valence-corrected chi connectivity index (χ2v) is 11.9. The van der Waals surface area contributed by atoms with Gasteiger partial charge in [0.1, 0.15) is 18.5 Å². The van der Waals surface area contributed by atoms with Gasteiger partial charge >= 0.3 is 6.18 Å². The minimum atomic E-state index is -4.61. The van der Waals surface area contributed by atoms with E-state index in [0.29, 0.717) is 26.0 Å². The summed E-state index contributed by atoms with van der Waals surface area (Å²) in [5, 5.41) is 24.0. The molecule has 0 radical (unpaired) electrons. The molecule has 3 N–H and O–H groups in total. The molecule has 46 heavy (non-hydrogen) atoms. The Balaban J connectivity index is 1.78. The number of aldehydes is 1. The molecule has 1 aliphatic carbocycles. The Morgan fingerprint density at radius 1 is 1.13 bits per heavy atom. The van der Waals surface area contributed by atoms with Crippen molar-refractivity contribution in [3.63, 3.8) is 0 Å². The highest BCUT2D eigenvalue weighted by atomic mass is 127. The van der Waals surface area contributed by atoms with E-state index in [2.05, 4.69) is 5.32 Å². The first-order valence-corrected chi connectivity index (χ1v) is 15.3. The molecule has 1 aliphatic rings. The lowest BCUT2D eigenvalue weighted by molar-refractivity contribution is -0.137. The number of methoxy groups -OCH3 is 1. The topological polar surface area (TPSA) is 125 Å². The second-order valence-electron chi connectivity index (χ2n) is 10.3. The number of rotatable bonds is 11. The van der Waals surface area contributed by atoms with Crippen molar-refractivity contribution in [3.05, 3.63) is 103 Å². The van der Waals surface area contributed by atoms with E-state index in [-0.39, 0.29) is 48.8 Å². The van der Waals surface area contributed by atoms with Crippen LogP contribution in [-0.2, 0) is 17.5 Å². The molecule has 2 amide bonds. The number of nitrogens with one attached hydrogen (secondary N) is 1. The third-order valence-electron chi connectivity index (χ3n) is 7.24. The summed E-state index contributed by atoms with van der Waals surface area (Å²) in [5.74, 6) is -0.929. The van der Waals surface area contributed by atoms with Crippen molar-refractivity contribution in [1.82, 2.24) is 10.2 Å². The van der Waals surface area contributed by atoms with Gasteiger partial charge in [-0.1, -0.05) is 23.7 Å². The van der Waals surface area contributed by atoms with E-state index in [0.717, 1.165) is 24.3 Å². The van der Waals surface area contributed by atoms with E-state index >= 15 is 0 Å². The Bertz CT molecular complexity index is 1600. The SMILES string of the molecule is COc1cc(C=O)cc(I)c1O[C@H]1C=C(C(=O)NCCO)C[C@@H](N(Cc2ccc(Cl)cc2)C(=O)c2ccc(C(F)(F)F)cc2)[C@@H]1O. The molecule has 0 fully saturated rings. The van der Waals surface area contributed by atoms with Crippen molar-refractivity contribution in [1.29, 1.82) is 0 Å². The van der Waals surface area contributed by atoms with Gasteiger partial charge in [0.15, 0.2) is 11.5 Å². The zero-order valence-corrected chi connectivity index (χ0v) is 27.2. The van der Waals surface area contributed by atoms with Crippen molar-refractivity contribution in [2.45, 2.75) is 37.4 Å². The predicted molar refractivity (Wildman–Crippen MR) is 171 cm³/mol. The summed E-state index contributed by atoms with van der Waals surface area (Å²) in [6.07, 6.45) is -5.42. The highest BCUT2D eigenvalue weighted by molar-refractivity contribution is 14.1. The van der Waals surface area contributed by atoms with Crippen LogP contribution in [-0.4, -0.2) is 71.7 Å². The van der Waals surface area contributed by atoms with Crippen LogP contribution in [0.2, 0.25) is 5.02 Å². The predicted octanol–water partition coefficient (Wildman–Crippen LogP) is 5.04. The summed E-state index contributed by atoms with van der Waals surface area (Å²) in [7, 11) is 1.37. The minimum Gasteiger partial charge on any atom is -0.493 e. The number of benzene rings is 3. The molecule has 0 saturated heterocycles. The molecule has 0 aromatic heterocycles. The Morgan fingerprint density at radius 2 is 1.80 bits per heavy atom. The van der Waals surface area contributed by atoms with Crippen molar-refractivity contribution in [3.8, 4) is 11.5 Å². The number of carbonyl (C=O) groups is 3. The lowest BCUT2D eigenvalue weighted by Gasteiger charge is -2.40. The van der Waals surface area contributed by atoms with E-state index in [1.54, 1.807) is 24.3 Å². The van der Waals surface area contributed by atoms with Crippen LogP contribution in [0, 0.1) is 3.57 Å². The summed E-state index contributed by atoms with van der Waals surface area (Å²) in [5.41, 5.74) is 0.0264. The summed E-state index contributed by atoms with van der Waals surface area (Å²) < 4.78 is 51.8. The number of halogens is 5. The number of carbonyl (C=O) groups excluding carboxylic acids is 3. The molecule has 3 aromatic rings. The molecule has 3 atom stereocenters. The number of hydrogen-bond acceptors (Lipinski definition) is 7. The van der Waals surface area contributed by atoms with E-state index in [1.165, 1.54) is 30.2 Å². The maximum atomic E-state index is 14.0. The Morgan fingerprint density at radius 3 is 2.39 bits per heavy atom. The van der Waals surface area contributed by atoms with E-state index < -0.39 is 41.8 Å². The molecule has 14 heteroatoms. The minimum absolute atomic E-state index is 0.0627. The molecule has 4 rings (SSSR count). The van der Waals surface area contributed by atoms with Crippen LogP contribution in [0.5, 0.6) is 11.5 Å². The van der Waals surface area contributed by atoms with Crippen molar-refractivity contribution >= 4 is 52.3 Å². The summed E-state index contributed by atoms with van der Waals surface area (Å²) in [4.78, 5) is 39.9. The van der Waals surface area contributed by atoms with Crippen molar-refractivity contribution in [2.24, 2.45) is 0 Å². The normalized spacial score (nSPS) is 17.9. The lowest BCUT2D eigenvalue weighted by Crippen LogP contribution is -2.54. The van der Waals surface area contributed by atoms with Crippen LogP contribution in [0.1, 0.15) is 38.3 Å². The van der Waals surface area contributed by atoms with Crippen LogP contribution in [0.15, 0.2) is 72.3 Å². The van der Waals surface area contributed by atoms with Gasteiger partial charge in [0.05, 0.1) is 28.9 Å². The first kappa shape index (κ1) is 35.2. The number of alkyl halides is 3. The van der Waals surface area contributed by atoms with Gasteiger partial charge < -0.3 is 29.9 Å². The van der Waals surface area contributed by atoms with Gasteiger partial charge in [-0.2, -0.15) is 13.2 Å². The van der Waals surface area contributed by atoms with Crippen molar-refractivity contribution < 1.29 is 47.2 Å². The van der Waals surface area contributed by atoms with Gasteiger partial charge in [-0.15, -0.1) is 0 Å². The third-order valence-corrected chi connectivity index (χ3v) is 8.30. The van der Waals surface area contributed by atoms with Gasteiger partial charge in [-0.25, -0.2) is 0 Å². The molecule has 0 spiro atoms. The van der Waals surface area contributed by atoms with Crippen LogP contribution >= 0.6 is 34.2 Å². The summed E-state index contributed by atoms with van der Waals surface area (Å²) >= 11 is 7.98. The van der Waals surface area contributed by atoms with Gasteiger partial charge in [0.25, 0.3) is 5.91 Å². The van der Waals surface area contributed by atoms with Gasteiger partial charge in [0.2, 0.25) is 5.91 Å². The zero-order chi connectivity index (χ0) is 33.6. The highest BCUT2D eigenvalue weighted by Crippen LogP contribution is 2.37. The zero-order valence-electron chi connectivity index (χ0n) is 24.3. The van der Waals surface area contributed by atoms with Crippen LogP contribution in [0.25, 0.3) is 0 Å². The van der Waals surface area contributed by atoms with E-state index in [1.807, 2.05) is 22.6 Å². The summed E-state index contributed by atoms with van der Waals surface area (Å²) in [6, 6.07) is 12.1. The number of ether oxygens (including phenoxy) is 2. The van der Waals surface area contributed by atoms with Crippen LogP contribution < -0.4 is 14.8 Å². The maximum absolute atomic E-state index is 14.0. The molecule has 0 bridgehead atoms. The first-order valence-electron chi connectivity index (χ1n) is 13.9. The fourth-order valence-electron chi connectivity index (χ4n) is 4.93. The van der Waals surface area contributed by atoms with Crippen LogP contribution in [0.4, 0.5) is 13.2 Å². The average Bonchev–Trinajstić information content (AvgIpc) is 3.04. The molecule has 0 aliphatic heterocycles. The molecular formula is C32H29ClF3IN2O7. The molecule has 3 aromatic carbocycles. The Kier molecular flexibility index (Phi) is 11.7. The maximum Gasteiger partial charge on any atom is 0.416 e. The van der Waals surface area contributed by atoms with Gasteiger partial charge in [-0.3, -0.25) is 14.4 Å². The average molecular weight is 773 g/mol. The second kappa shape index (κ2) is 15.3. The number of aliphatic hydroxyl groups is 2. The number of nitrogens with zero attached hydrogens (tertiary/aromatic N) is 1. The highest BCUT2D eigenvalue weighted by Gasteiger charge is 2.41. The summed E-state index contributed by atoms with van der Waals surface area (Å²) in [6.45, 7) is -0.503. The quantitative estimate of drug-likeness (QED) is 0.184. The van der Waals surface area contributed by atoms with Gasteiger partial charge in [-0.05, 0) is 82.8 Å². The molecule has 0 heterocycles. The smallest absolute Gasteiger partial charge is 0.416 e. The monoisotopic (exact) mass is 772 g/mol. The van der Waals surface area contributed by atoms with Crippen LogP contribution in [0.3, 0.4) is 0 Å². The third kappa shape index (κ3) is 8.37. The first-order chi connectivity index (χ1) is 21.9. The van der Waals surface area contributed by atoms with E-state index in [9.17, 15) is 37.8 Å². The fourth-order valence-corrected chi connectivity index (χ4v) is 5.81. The molecule has 9 nitrogen and oxygen atoms in total. The Labute approximate surface area is 281 Å². The molecule has 0 unspecified atom stereocenters. The molecular weight excluding hydrogens is 744 g/mol.